The Morgan fingerprint density at radius 3 is 1.48 bits per heavy atom. The van der Waals surface area contributed by atoms with Crippen LogP contribution in [0.15, 0.2) is 0 Å². The van der Waals surface area contributed by atoms with Gasteiger partial charge in [-0.3, -0.25) is 0 Å². The number of hydrogen-bond acceptors (Lipinski definition) is 0. The molecule has 0 aliphatic heterocycles. The van der Waals surface area contributed by atoms with Gasteiger partial charge in [-0.2, -0.15) is 0 Å². The van der Waals surface area contributed by atoms with E-state index in [2.05, 4.69) is 13.8 Å². The third-order valence-electron chi connectivity index (χ3n) is 4.41. The molecule has 0 amide bonds. The molecule has 0 heterocycles. The van der Waals surface area contributed by atoms with E-state index >= 15 is 0 Å². The summed E-state index contributed by atoms with van der Waals surface area (Å²) in [5.41, 5.74) is 0. The van der Waals surface area contributed by atoms with Gasteiger partial charge in [-0.1, -0.05) is 0 Å². The molecule has 0 aliphatic carbocycles. The molecule has 0 nitrogen and oxygen atoms in total. The Balaban J connectivity index is 2.90. The van der Waals surface area contributed by atoms with Crippen molar-refractivity contribution in [1.82, 2.24) is 0 Å². The zero-order valence-electron chi connectivity index (χ0n) is 15.2. The summed E-state index contributed by atoms with van der Waals surface area (Å²) >= 11 is 0. The number of hydrogen-bond donors (Lipinski definition) is 0. The molecule has 0 saturated heterocycles. The molecule has 0 rings (SSSR count). The second-order valence-corrected chi connectivity index (χ2v) is 11.9. The van der Waals surface area contributed by atoms with Crippen molar-refractivity contribution in [2.24, 2.45) is 0 Å². The van der Waals surface area contributed by atoms with E-state index in [1.807, 2.05) is 0 Å². The molecule has 0 fully saturated rings. The Morgan fingerprint density at radius 2 is 0.952 bits per heavy atom. The fourth-order valence-electron chi connectivity index (χ4n) is 2.89. The summed E-state index contributed by atoms with van der Waals surface area (Å²) in [5, 5.41) is 0. The average Bonchev–Trinajstić information content (AvgIpc) is 2.50. The first-order chi connectivity index (χ1) is 10.4. The molecular formula is C19H44P2. The van der Waals surface area contributed by atoms with Crippen molar-refractivity contribution in [3.63, 3.8) is 0 Å². The number of unbranched alkanes of at least 4 members (excludes halogenated alkanes) is 13. The average molecular weight is 335 g/mol. The van der Waals surface area contributed by atoms with Crippen molar-refractivity contribution in [2.45, 2.75) is 110 Å². The van der Waals surface area contributed by atoms with E-state index in [0.29, 0.717) is 8.27 Å². The molecule has 0 aromatic carbocycles. The molecule has 0 aromatic rings. The van der Waals surface area contributed by atoms with Gasteiger partial charge in [-0.15, -0.1) is 0 Å². The van der Waals surface area contributed by atoms with Crippen LogP contribution in [0.5, 0.6) is 0 Å². The van der Waals surface area contributed by atoms with Crippen molar-refractivity contribution in [1.29, 1.82) is 0 Å². The van der Waals surface area contributed by atoms with Crippen LogP contribution in [0.25, 0.3) is 0 Å². The summed E-state index contributed by atoms with van der Waals surface area (Å²) in [6, 6.07) is 0. The fourth-order valence-corrected chi connectivity index (χ4v) is 7.50. The summed E-state index contributed by atoms with van der Waals surface area (Å²) in [5.74, 6) is 0. The van der Waals surface area contributed by atoms with Crippen LogP contribution in [0.3, 0.4) is 0 Å². The fraction of sp³-hybridized carbons (Fsp3) is 1.00. The maximum atomic E-state index is 2.30. The van der Waals surface area contributed by atoms with Crippen molar-refractivity contribution in [3.8, 4) is 0 Å². The summed E-state index contributed by atoms with van der Waals surface area (Å²) in [6.07, 6.45) is 25.5. The molecule has 2 heteroatoms. The van der Waals surface area contributed by atoms with Gasteiger partial charge in [0.25, 0.3) is 0 Å². The van der Waals surface area contributed by atoms with E-state index in [9.17, 15) is 0 Å². The van der Waals surface area contributed by atoms with Crippen LogP contribution in [0.1, 0.15) is 110 Å². The first-order valence-corrected chi connectivity index (χ1v) is 14.7. The topological polar surface area (TPSA) is 0 Å². The zero-order valence-corrected chi connectivity index (χ0v) is 17.6. The Kier molecular flexibility index (Phi) is 21.7. The Labute approximate surface area is 139 Å². The Hall–Kier alpha value is 0.860. The molecule has 0 N–H and O–H groups in total. The second-order valence-electron chi connectivity index (χ2n) is 6.70. The van der Waals surface area contributed by atoms with Crippen LogP contribution < -0.4 is 0 Å². The van der Waals surface area contributed by atoms with Gasteiger partial charge in [0.05, 0.1) is 0 Å². The minimum absolute atomic E-state index is 0.344. The van der Waals surface area contributed by atoms with Gasteiger partial charge in [-0.25, -0.2) is 0 Å². The van der Waals surface area contributed by atoms with E-state index in [0.717, 1.165) is 0 Å². The molecule has 21 heavy (non-hydrogen) atoms. The van der Waals surface area contributed by atoms with Crippen molar-refractivity contribution < 1.29 is 0 Å². The first-order valence-electron chi connectivity index (χ1n) is 10.1. The molecule has 0 radical (unpaired) electrons. The normalized spacial score (nSPS) is 11.9. The van der Waals surface area contributed by atoms with Crippen molar-refractivity contribution in [2.75, 3.05) is 12.3 Å². The predicted molar refractivity (Wildman–Crippen MR) is 110 cm³/mol. The Bertz CT molecular complexity index is 153. The minimum atomic E-state index is 0.344. The summed E-state index contributed by atoms with van der Waals surface area (Å²) in [4.78, 5) is 0. The number of rotatable bonds is 18. The summed E-state index contributed by atoms with van der Waals surface area (Å²) in [6.45, 7) is 4.61. The third-order valence-corrected chi connectivity index (χ3v) is 9.51. The molecular weight excluding hydrogens is 290 g/mol. The molecule has 0 spiro atoms. The summed E-state index contributed by atoms with van der Waals surface area (Å²) in [7, 11) is 1.74. The van der Waals surface area contributed by atoms with E-state index < -0.39 is 0 Å². The molecule has 0 aromatic heterocycles. The van der Waals surface area contributed by atoms with Gasteiger partial charge in [0.1, 0.15) is 0 Å². The molecule has 130 valence electrons. The van der Waals surface area contributed by atoms with Gasteiger partial charge in [0, 0.05) is 0 Å². The van der Waals surface area contributed by atoms with Crippen LogP contribution >= 0.6 is 16.5 Å². The van der Waals surface area contributed by atoms with Crippen LogP contribution in [-0.2, 0) is 0 Å². The maximum absolute atomic E-state index is 2.30. The van der Waals surface area contributed by atoms with E-state index in [1.54, 1.807) is 18.7 Å². The molecule has 0 aliphatic rings. The summed E-state index contributed by atoms with van der Waals surface area (Å²) < 4.78 is 0. The quantitative estimate of drug-likeness (QED) is 0.179. The van der Waals surface area contributed by atoms with E-state index in [-0.39, 0.29) is 0 Å². The molecule has 1 unspecified atom stereocenters. The second kappa shape index (κ2) is 20.9. The van der Waals surface area contributed by atoms with E-state index in [1.165, 1.54) is 98.2 Å². The van der Waals surface area contributed by atoms with Crippen LogP contribution in [0.4, 0.5) is 0 Å². The van der Waals surface area contributed by atoms with Gasteiger partial charge in [0.15, 0.2) is 0 Å². The van der Waals surface area contributed by atoms with Crippen molar-refractivity contribution in [3.05, 3.63) is 0 Å². The van der Waals surface area contributed by atoms with Gasteiger partial charge >= 0.3 is 139 Å². The van der Waals surface area contributed by atoms with Gasteiger partial charge < -0.3 is 0 Å². The van der Waals surface area contributed by atoms with E-state index in [4.69, 9.17) is 0 Å². The van der Waals surface area contributed by atoms with Crippen LogP contribution in [0.2, 0.25) is 0 Å². The van der Waals surface area contributed by atoms with Crippen LogP contribution in [0, 0.1) is 0 Å². The zero-order chi connectivity index (χ0) is 15.4. The Morgan fingerprint density at radius 1 is 0.524 bits per heavy atom. The van der Waals surface area contributed by atoms with Gasteiger partial charge in [-0.05, 0) is 0 Å². The van der Waals surface area contributed by atoms with Crippen molar-refractivity contribution >= 4 is 16.5 Å². The third kappa shape index (κ3) is 20.9. The SMILES string of the molecule is CCCCCCCCCCP[PH3]CCCCCCCCC. The molecule has 0 bridgehead atoms. The predicted octanol–water partition coefficient (Wildman–Crippen LogP) is 7.61. The van der Waals surface area contributed by atoms with Gasteiger partial charge in [0.2, 0.25) is 0 Å². The molecule has 0 saturated carbocycles. The standard InChI is InChI=1S/C19H44P2/c1-3-5-7-9-11-13-15-17-19-21-20-18-16-14-12-10-8-6-4-2/h21H,3-19H2,1-2,20H3. The molecule has 1 atom stereocenters. The monoisotopic (exact) mass is 334 g/mol. The first kappa shape index (κ1) is 21.9. The van der Waals surface area contributed by atoms with Crippen LogP contribution in [-0.4, -0.2) is 12.3 Å².